The molecule has 1 aromatic heterocycles. The zero-order valence-corrected chi connectivity index (χ0v) is 10.1. The van der Waals surface area contributed by atoms with Gasteiger partial charge in [-0.2, -0.15) is 0 Å². The van der Waals surface area contributed by atoms with Crippen molar-refractivity contribution in [1.82, 2.24) is 14.8 Å². The minimum atomic E-state index is -0.502. The molecule has 0 radical (unpaired) electrons. The average molecular weight is 247 g/mol. The van der Waals surface area contributed by atoms with Crippen LogP contribution in [0.15, 0.2) is 18.2 Å². The fourth-order valence-electron chi connectivity index (χ4n) is 1.81. The van der Waals surface area contributed by atoms with Gasteiger partial charge in [0, 0.05) is 18.2 Å². The smallest absolute Gasteiger partial charge is 0.292 e. The summed E-state index contributed by atoms with van der Waals surface area (Å²) in [5.74, 6) is 1.38. The highest BCUT2D eigenvalue weighted by Gasteiger charge is 2.16. The molecule has 0 atom stereocenters. The van der Waals surface area contributed by atoms with E-state index >= 15 is 0 Å². The lowest BCUT2D eigenvalue weighted by Crippen LogP contribution is -2.01. The second kappa shape index (κ2) is 4.44. The van der Waals surface area contributed by atoms with E-state index in [1.807, 2.05) is 18.4 Å². The Kier molecular flexibility index (Phi) is 2.97. The number of anilines is 1. The normalized spacial score (nSPS) is 10.6. The lowest BCUT2D eigenvalue weighted by atomic mass is 10.1. The summed E-state index contributed by atoms with van der Waals surface area (Å²) < 4.78 is 1.88. The number of nitro groups is 1. The lowest BCUT2D eigenvalue weighted by Gasteiger charge is -2.05. The van der Waals surface area contributed by atoms with Gasteiger partial charge in [0.2, 0.25) is 0 Å². The predicted octanol–water partition coefficient (Wildman–Crippen LogP) is 1.76. The molecule has 0 unspecified atom stereocenters. The van der Waals surface area contributed by atoms with Crippen molar-refractivity contribution in [3.63, 3.8) is 0 Å². The first-order valence-electron chi connectivity index (χ1n) is 5.48. The Morgan fingerprint density at radius 2 is 2.17 bits per heavy atom. The summed E-state index contributed by atoms with van der Waals surface area (Å²) >= 11 is 0. The van der Waals surface area contributed by atoms with Gasteiger partial charge in [0.15, 0.2) is 5.82 Å². The molecule has 0 aliphatic rings. The fourth-order valence-corrected chi connectivity index (χ4v) is 1.81. The van der Waals surface area contributed by atoms with Crippen LogP contribution in [0.25, 0.3) is 11.4 Å². The standard InChI is InChI=1S/C11H13N5O2/c1-3-15-7(2)13-14-11(15)8-4-5-9(12)10(6-8)16(17)18/h4-6H,3,12H2,1-2H3. The molecule has 2 aromatic rings. The number of benzene rings is 1. The number of aromatic nitrogens is 3. The average Bonchev–Trinajstić information content (AvgIpc) is 2.70. The Morgan fingerprint density at radius 3 is 2.78 bits per heavy atom. The minimum absolute atomic E-state index is 0.115. The molecule has 0 aliphatic carbocycles. The molecular weight excluding hydrogens is 234 g/mol. The molecule has 1 aromatic carbocycles. The number of nitrogen functional groups attached to an aromatic ring is 1. The van der Waals surface area contributed by atoms with E-state index < -0.39 is 4.92 Å². The van der Waals surface area contributed by atoms with Crippen molar-refractivity contribution < 1.29 is 4.92 Å². The van der Waals surface area contributed by atoms with Crippen molar-refractivity contribution in [3.05, 3.63) is 34.1 Å². The quantitative estimate of drug-likeness (QED) is 0.506. The fraction of sp³-hybridized carbons (Fsp3) is 0.273. The third kappa shape index (κ3) is 1.90. The van der Waals surface area contributed by atoms with Gasteiger partial charge < -0.3 is 10.3 Å². The highest BCUT2D eigenvalue weighted by molar-refractivity contribution is 5.68. The van der Waals surface area contributed by atoms with Crippen molar-refractivity contribution in [2.24, 2.45) is 0 Å². The van der Waals surface area contributed by atoms with Gasteiger partial charge in [-0.3, -0.25) is 10.1 Å². The summed E-state index contributed by atoms with van der Waals surface area (Å²) in [6, 6.07) is 4.64. The third-order valence-corrected chi connectivity index (χ3v) is 2.74. The summed E-state index contributed by atoms with van der Waals surface area (Å²) in [6.07, 6.45) is 0. The van der Waals surface area contributed by atoms with Crippen molar-refractivity contribution in [1.29, 1.82) is 0 Å². The Bertz CT molecular complexity index is 605. The number of aryl methyl sites for hydroxylation is 1. The van der Waals surface area contributed by atoms with E-state index in [9.17, 15) is 10.1 Å². The van der Waals surface area contributed by atoms with E-state index in [1.165, 1.54) is 12.1 Å². The van der Waals surface area contributed by atoms with Crippen molar-refractivity contribution >= 4 is 11.4 Å². The molecule has 1 heterocycles. The maximum Gasteiger partial charge on any atom is 0.292 e. The van der Waals surface area contributed by atoms with E-state index in [0.29, 0.717) is 17.9 Å². The summed E-state index contributed by atoms with van der Waals surface area (Å²) in [4.78, 5) is 10.3. The largest absolute Gasteiger partial charge is 0.393 e. The number of hydrogen-bond acceptors (Lipinski definition) is 5. The maximum absolute atomic E-state index is 10.8. The predicted molar refractivity (Wildman–Crippen MR) is 66.9 cm³/mol. The van der Waals surface area contributed by atoms with Gasteiger partial charge in [0.1, 0.15) is 11.5 Å². The van der Waals surface area contributed by atoms with E-state index in [0.717, 1.165) is 5.82 Å². The van der Waals surface area contributed by atoms with Crippen LogP contribution in [-0.4, -0.2) is 19.7 Å². The monoisotopic (exact) mass is 247 g/mol. The van der Waals surface area contributed by atoms with Gasteiger partial charge in [-0.05, 0) is 26.0 Å². The van der Waals surface area contributed by atoms with Crippen LogP contribution in [0.5, 0.6) is 0 Å². The molecule has 7 nitrogen and oxygen atoms in total. The Morgan fingerprint density at radius 1 is 1.44 bits per heavy atom. The van der Waals surface area contributed by atoms with Crippen LogP contribution in [-0.2, 0) is 6.54 Å². The van der Waals surface area contributed by atoms with Crippen LogP contribution in [0.1, 0.15) is 12.7 Å². The highest BCUT2D eigenvalue weighted by Crippen LogP contribution is 2.28. The number of nitrogens with two attached hydrogens (primary N) is 1. The van der Waals surface area contributed by atoms with E-state index in [4.69, 9.17) is 5.73 Å². The molecule has 0 saturated heterocycles. The molecule has 18 heavy (non-hydrogen) atoms. The Balaban J connectivity index is 2.57. The topological polar surface area (TPSA) is 99.9 Å². The number of nitro benzene ring substituents is 1. The number of nitrogens with zero attached hydrogens (tertiary/aromatic N) is 4. The van der Waals surface area contributed by atoms with Gasteiger partial charge in [0.25, 0.3) is 5.69 Å². The highest BCUT2D eigenvalue weighted by atomic mass is 16.6. The van der Waals surface area contributed by atoms with Gasteiger partial charge in [0.05, 0.1) is 4.92 Å². The van der Waals surface area contributed by atoms with Crippen LogP contribution in [0.3, 0.4) is 0 Å². The first-order chi connectivity index (χ1) is 8.54. The van der Waals surface area contributed by atoms with Crippen LogP contribution < -0.4 is 5.73 Å². The van der Waals surface area contributed by atoms with Crippen molar-refractivity contribution in [3.8, 4) is 11.4 Å². The second-order valence-corrected chi connectivity index (χ2v) is 3.85. The first kappa shape index (κ1) is 12.0. The molecule has 7 heteroatoms. The van der Waals surface area contributed by atoms with E-state index in [-0.39, 0.29) is 11.4 Å². The molecule has 2 N–H and O–H groups in total. The van der Waals surface area contributed by atoms with Crippen LogP contribution in [0, 0.1) is 17.0 Å². The van der Waals surface area contributed by atoms with E-state index in [2.05, 4.69) is 10.2 Å². The van der Waals surface area contributed by atoms with Crippen LogP contribution >= 0.6 is 0 Å². The van der Waals surface area contributed by atoms with Crippen LogP contribution in [0.4, 0.5) is 11.4 Å². The zero-order valence-electron chi connectivity index (χ0n) is 10.1. The summed E-state index contributed by atoms with van der Waals surface area (Å²) in [5.41, 5.74) is 6.22. The minimum Gasteiger partial charge on any atom is -0.393 e. The first-order valence-corrected chi connectivity index (χ1v) is 5.48. The molecule has 0 spiro atoms. The molecule has 0 saturated carbocycles. The summed E-state index contributed by atoms with van der Waals surface area (Å²) in [7, 11) is 0. The SMILES string of the molecule is CCn1c(C)nnc1-c1ccc(N)c([N+](=O)[O-])c1. The molecular formula is C11H13N5O2. The van der Waals surface area contributed by atoms with Gasteiger partial charge in [-0.25, -0.2) is 0 Å². The van der Waals surface area contributed by atoms with Gasteiger partial charge >= 0.3 is 0 Å². The maximum atomic E-state index is 10.8. The van der Waals surface area contributed by atoms with Crippen molar-refractivity contribution in [2.45, 2.75) is 20.4 Å². The summed E-state index contributed by atoms with van der Waals surface area (Å²) in [5, 5.41) is 18.9. The molecule has 0 bridgehead atoms. The molecule has 94 valence electrons. The van der Waals surface area contributed by atoms with Gasteiger partial charge in [-0.1, -0.05) is 0 Å². The van der Waals surface area contributed by atoms with Gasteiger partial charge in [-0.15, -0.1) is 10.2 Å². The molecule has 0 fully saturated rings. The summed E-state index contributed by atoms with van der Waals surface area (Å²) in [6.45, 7) is 4.50. The number of hydrogen-bond donors (Lipinski definition) is 1. The molecule has 0 aliphatic heterocycles. The molecule has 0 amide bonds. The third-order valence-electron chi connectivity index (χ3n) is 2.74. The second-order valence-electron chi connectivity index (χ2n) is 3.85. The number of rotatable bonds is 3. The Hall–Kier alpha value is -2.44. The lowest BCUT2D eigenvalue weighted by molar-refractivity contribution is -0.383. The van der Waals surface area contributed by atoms with Crippen LogP contribution in [0.2, 0.25) is 0 Å². The zero-order chi connectivity index (χ0) is 13.3. The molecule has 2 rings (SSSR count). The van der Waals surface area contributed by atoms with E-state index in [1.54, 1.807) is 6.07 Å². The van der Waals surface area contributed by atoms with Crippen molar-refractivity contribution in [2.75, 3.05) is 5.73 Å². The Labute approximate surface area is 103 Å².